The van der Waals surface area contributed by atoms with Crippen molar-refractivity contribution in [2.24, 2.45) is 0 Å². The maximum absolute atomic E-state index is 13.9. The number of carbonyl (C=O) groups excluding carboxylic acids is 3. The van der Waals surface area contributed by atoms with Gasteiger partial charge in [-0.15, -0.1) is 0 Å². The number of hydrogen-bond donors (Lipinski definition) is 0. The van der Waals surface area contributed by atoms with E-state index in [0.717, 1.165) is 43.2 Å². The molecule has 3 aromatic carbocycles. The number of ether oxygens (including phenoxy) is 1. The van der Waals surface area contributed by atoms with Crippen LogP contribution in [0.4, 0.5) is 9.18 Å². The predicted octanol–water partition coefficient (Wildman–Crippen LogP) is 6.85. The molecule has 9 heteroatoms. The van der Waals surface area contributed by atoms with Crippen LogP contribution in [0.25, 0.3) is 17.0 Å². The lowest BCUT2D eigenvalue weighted by molar-refractivity contribution is -0.122. The Morgan fingerprint density at radius 2 is 1.84 bits per heavy atom. The summed E-state index contributed by atoms with van der Waals surface area (Å²) < 4.78 is 22.3. The van der Waals surface area contributed by atoms with Crippen molar-refractivity contribution in [1.82, 2.24) is 9.47 Å². The van der Waals surface area contributed by atoms with Gasteiger partial charge >= 0.3 is 0 Å². The number of amides is 2. The summed E-state index contributed by atoms with van der Waals surface area (Å²) in [5.41, 5.74) is 3.09. The van der Waals surface area contributed by atoms with Gasteiger partial charge in [-0.1, -0.05) is 57.9 Å². The summed E-state index contributed by atoms with van der Waals surface area (Å²) in [6.07, 6.45) is 3.54. The van der Waals surface area contributed by atoms with Crippen LogP contribution >= 0.6 is 27.7 Å². The average Bonchev–Trinajstić information content (AvgIpc) is 3.36. The number of aryl methyl sites for hydroxylation is 1. The molecule has 4 aromatic rings. The van der Waals surface area contributed by atoms with Gasteiger partial charge in [0.15, 0.2) is 17.3 Å². The van der Waals surface area contributed by atoms with Crippen molar-refractivity contribution >= 4 is 61.6 Å². The van der Waals surface area contributed by atoms with Crippen LogP contribution in [-0.4, -0.2) is 39.5 Å². The lowest BCUT2D eigenvalue weighted by Crippen LogP contribution is -2.33. The summed E-state index contributed by atoms with van der Waals surface area (Å²) in [5, 5.41) is 0.387. The Morgan fingerprint density at radius 3 is 2.61 bits per heavy atom. The molecular formula is C29H22BrFN2O4S. The third-order valence-electron chi connectivity index (χ3n) is 6.14. The fourth-order valence-corrected chi connectivity index (χ4v) is 5.35. The normalized spacial score (nSPS) is 14.6. The van der Waals surface area contributed by atoms with Crippen LogP contribution < -0.4 is 4.74 Å². The van der Waals surface area contributed by atoms with Crippen molar-refractivity contribution in [1.29, 1.82) is 0 Å². The molecule has 0 radical (unpaired) electrons. The molecule has 1 fully saturated rings. The molecule has 5 rings (SSSR count). The molecule has 1 aliphatic rings. The Bertz CT molecular complexity index is 1600. The van der Waals surface area contributed by atoms with Crippen molar-refractivity contribution in [3.05, 3.63) is 105 Å². The first-order valence-corrected chi connectivity index (χ1v) is 13.4. The van der Waals surface area contributed by atoms with Gasteiger partial charge in [0.25, 0.3) is 11.1 Å². The Hall–Kier alpha value is -3.69. The summed E-state index contributed by atoms with van der Waals surface area (Å²) in [5.74, 6) is -1.05. The largest absolute Gasteiger partial charge is 0.489 e. The number of aromatic nitrogens is 1. The van der Waals surface area contributed by atoms with Gasteiger partial charge in [0.05, 0.1) is 18.0 Å². The van der Waals surface area contributed by atoms with Crippen LogP contribution in [0.5, 0.6) is 5.75 Å². The van der Waals surface area contributed by atoms with E-state index < -0.39 is 17.0 Å². The number of nitrogens with zero attached hydrogens (tertiary/aromatic N) is 2. The molecule has 2 heterocycles. The van der Waals surface area contributed by atoms with E-state index in [9.17, 15) is 18.8 Å². The van der Waals surface area contributed by atoms with E-state index in [-0.39, 0.29) is 29.6 Å². The van der Waals surface area contributed by atoms with E-state index in [1.165, 1.54) is 6.07 Å². The first kappa shape index (κ1) is 25.9. The molecule has 1 saturated heterocycles. The van der Waals surface area contributed by atoms with Crippen LogP contribution in [-0.2, 0) is 11.3 Å². The lowest BCUT2D eigenvalue weighted by Gasteiger charge is -2.11. The Kier molecular flexibility index (Phi) is 7.49. The highest BCUT2D eigenvalue weighted by Gasteiger charge is 2.36. The van der Waals surface area contributed by atoms with Crippen molar-refractivity contribution < 1.29 is 23.5 Å². The summed E-state index contributed by atoms with van der Waals surface area (Å²) in [7, 11) is 0. The van der Waals surface area contributed by atoms with Crippen LogP contribution in [0.3, 0.4) is 0 Å². The Labute approximate surface area is 231 Å². The number of Topliss-reactive ketones (excluding diaryl/α,β-unsaturated/α-hetero) is 1. The van der Waals surface area contributed by atoms with Crippen LogP contribution in [0, 0.1) is 12.7 Å². The molecule has 6 nitrogen and oxygen atoms in total. The third kappa shape index (κ3) is 5.44. The number of ketones is 1. The van der Waals surface area contributed by atoms with E-state index in [4.69, 9.17) is 4.74 Å². The molecule has 0 unspecified atom stereocenters. The number of carbonyl (C=O) groups is 3. The van der Waals surface area contributed by atoms with Crippen LogP contribution in [0.1, 0.15) is 21.5 Å². The number of hydrogen-bond acceptors (Lipinski definition) is 5. The molecule has 192 valence electrons. The fraction of sp³-hybridized carbons (Fsp3) is 0.138. The maximum atomic E-state index is 13.9. The first-order valence-electron chi connectivity index (χ1n) is 11.8. The molecule has 1 aliphatic heterocycles. The van der Waals surface area contributed by atoms with Gasteiger partial charge in [0, 0.05) is 32.7 Å². The molecule has 0 aliphatic carbocycles. The van der Waals surface area contributed by atoms with Crippen LogP contribution in [0.2, 0.25) is 0 Å². The smallest absolute Gasteiger partial charge is 0.293 e. The van der Waals surface area contributed by atoms with Gasteiger partial charge < -0.3 is 9.30 Å². The van der Waals surface area contributed by atoms with Crippen molar-refractivity contribution in [3.63, 3.8) is 0 Å². The topological polar surface area (TPSA) is 68.6 Å². The van der Waals surface area contributed by atoms with Gasteiger partial charge in [-0.05, 0) is 55.1 Å². The number of imide groups is 1. The number of fused-ring (bicyclic) bond motifs is 1. The SMILES string of the molecule is Cc1ccc(C(=O)CN2C(=O)S/C(=C\c3cn(CCOc4ccccc4F)c4ccc(Br)cc34)C2=O)cc1. The molecule has 0 N–H and O–H groups in total. The quantitative estimate of drug-likeness (QED) is 0.165. The summed E-state index contributed by atoms with van der Waals surface area (Å²) in [6.45, 7) is 2.28. The number of benzene rings is 3. The average molecular weight is 593 g/mol. The predicted molar refractivity (Wildman–Crippen MR) is 150 cm³/mol. The lowest BCUT2D eigenvalue weighted by atomic mass is 10.1. The number of halogens is 2. The second kappa shape index (κ2) is 11.0. The van der Waals surface area contributed by atoms with Gasteiger partial charge in [-0.2, -0.15) is 0 Å². The van der Waals surface area contributed by atoms with Crippen LogP contribution in [0.15, 0.2) is 82.3 Å². The zero-order valence-electron chi connectivity index (χ0n) is 20.3. The first-order chi connectivity index (χ1) is 18.3. The van der Waals surface area contributed by atoms with Crippen molar-refractivity contribution in [2.75, 3.05) is 13.2 Å². The minimum Gasteiger partial charge on any atom is -0.489 e. The minimum absolute atomic E-state index is 0.181. The monoisotopic (exact) mass is 592 g/mol. The van der Waals surface area contributed by atoms with E-state index >= 15 is 0 Å². The molecule has 0 spiro atoms. The number of para-hydroxylation sites is 1. The molecule has 0 atom stereocenters. The Balaban J connectivity index is 1.37. The standard InChI is InChI=1S/C29H22BrFN2O4S/c1-18-6-8-19(9-7-18)25(34)17-33-28(35)27(38-29(33)36)14-20-16-32(24-11-10-21(30)15-22(20)24)12-13-37-26-5-3-2-4-23(26)31/h2-11,14-16H,12-13,17H2,1H3/b27-14-. The zero-order valence-corrected chi connectivity index (χ0v) is 22.7. The second-order valence-electron chi connectivity index (χ2n) is 8.78. The molecule has 0 bridgehead atoms. The van der Waals surface area contributed by atoms with Gasteiger partial charge in [-0.25, -0.2) is 4.39 Å². The molecule has 38 heavy (non-hydrogen) atoms. The van der Waals surface area contributed by atoms with Gasteiger partial charge in [0.1, 0.15) is 6.61 Å². The van der Waals surface area contributed by atoms with Gasteiger partial charge in [-0.3, -0.25) is 19.3 Å². The highest BCUT2D eigenvalue weighted by Crippen LogP contribution is 2.35. The molecule has 2 amide bonds. The van der Waals surface area contributed by atoms with E-state index in [1.54, 1.807) is 36.4 Å². The number of thioether (sulfide) groups is 1. The van der Waals surface area contributed by atoms with E-state index in [0.29, 0.717) is 12.1 Å². The van der Waals surface area contributed by atoms with Crippen molar-refractivity contribution in [2.45, 2.75) is 13.5 Å². The summed E-state index contributed by atoms with van der Waals surface area (Å²) in [4.78, 5) is 39.7. The van der Waals surface area contributed by atoms with E-state index in [1.807, 2.05) is 48.0 Å². The molecule has 1 aromatic heterocycles. The summed E-state index contributed by atoms with van der Waals surface area (Å²) in [6, 6.07) is 19.0. The maximum Gasteiger partial charge on any atom is 0.293 e. The number of rotatable bonds is 8. The third-order valence-corrected chi connectivity index (χ3v) is 7.54. The zero-order chi connectivity index (χ0) is 26.8. The molecular weight excluding hydrogens is 571 g/mol. The van der Waals surface area contributed by atoms with E-state index in [2.05, 4.69) is 15.9 Å². The fourth-order valence-electron chi connectivity index (χ4n) is 4.16. The highest BCUT2D eigenvalue weighted by molar-refractivity contribution is 9.10. The Morgan fingerprint density at radius 1 is 1.08 bits per heavy atom. The minimum atomic E-state index is -0.501. The second-order valence-corrected chi connectivity index (χ2v) is 10.7. The summed E-state index contributed by atoms with van der Waals surface area (Å²) >= 11 is 4.31. The van der Waals surface area contributed by atoms with Gasteiger partial charge in [0.2, 0.25) is 0 Å². The molecule has 0 saturated carbocycles. The van der Waals surface area contributed by atoms with Crippen molar-refractivity contribution in [3.8, 4) is 5.75 Å². The highest BCUT2D eigenvalue weighted by atomic mass is 79.9.